The molecule has 2 bridgehead atoms. The summed E-state index contributed by atoms with van der Waals surface area (Å²) in [4.78, 5) is 25.5. The lowest BCUT2D eigenvalue weighted by atomic mass is 9.81. The summed E-state index contributed by atoms with van der Waals surface area (Å²) in [5.74, 6) is -1.35. The van der Waals surface area contributed by atoms with E-state index < -0.39 is 22.8 Å². The zero-order chi connectivity index (χ0) is 27.2. The molecule has 0 spiro atoms. The number of thioether (sulfide) groups is 1. The van der Waals surface area contributed by atoms with Crippen LogP contribution in [0.2, 0.25) is 5.02 Å². The number of methoxy groups -OCH3 is 1. The lowest BCUT2D eigenvalue weighted by molar-refractivity contribution is -0.145. The lowest BCUT2D eigenvalue weighted by Gasteiger charge is -2.56. The molecule has 39 heavy (non-hydrogen) atoms. The predicted octanol–water partition coefficient (Wildman–Crippen LogP) is 2.87. The van der Waals surface area contributed by atoms with E-state index in [1.807, 2.05) is 9.80 Å². The van der Waals surface area contributed by atoms with E-state index >= 15 is 4.39 Å². The summed E-state index contributed by atoms with van der Waals surface area (Å²) in [6, 6.07) is 3.65. The number of ether oxygens (including phenoxy) is 1. The van der Waals surface area contributed by atoms with Crippen molar-refractivity contribution < 1.29 is 18.3 Å². The Bertz CT molecular complexity index is 1590. The monoisotopic (exact) mass is 569 g/mol. The molecule has 6 heterocycles. The first-order valence-electron chi connectivity index (χ1n) is 12.5. The van der Waals surface area contributed by atoms with Gasteiger partial charge >= 0.3 is 6.01 Å². The highest BCUT2D eigenvalue weighted by molar-refractivity contribution is 8.04. The van der Waals surface area contributed by atoms with Gasteiger partial charge in [0, 0.05) is 36.5 Å². The topological polar surface area (TPSA) is 130 Å². The van der Waals surface area contributed by atoms with Crippen LogP contribution in [0.3, 0.4) is 0 Å². The fourth-order valence-corrected chi connectivity index (χ4v) is 7.64. The van der Waals surface area contributed by atoms with Gasteiger partial charge in [0.1, 0.15) is 17.2 Å². The number of amides is 1. The normalized spacial score (nSPS) is 28.9. The molecule has 0 radical (unpaired) electrons. The Hall–Kier alpha value is -3.40. The minimum absolute atomic E-state index is 0.000746. The van der Waals surface area contributed by atoms with Gasteiger partial charge in [-0.3, -0.25) is 4.79 Å². The SMILES string of the molecule is COc1nc(N2CC3CC(C2)N3C(=O)C2CN2)c2cc(Cl)c(C3=CC=C(F)C4SC(N)=C(C#N)C34)c(F)c2n1. The molecule has 1 aromatic heterocycles. The van der Waals surface area contributed by atoms with E-state index in [-0.39, 0.29) is 56.7 Å². The van der Waals surface area contributed by atoms with E-state index in [0.29, 0.717) is 36.4 Å². The third kappa shape index (κ3) is 3.63. The number of hydrogen-bond donors (Lipinski definition) is 2. The molecule has 4 saturated heterocycles. The number of nitrogens with two attached hydrogens (primary N) is 1. The molecule has 5 unspecified atom stereocenters. The Morgan fingerprint density at radius 2 is 2.05 bits per heavy atom. The zero-order valence-corrected chi connectivity index (χ0v) is 22.2. The molecule has 5 aliphatic heterocycles. The summed E-state index contributed by atoms with van der Waals surface area (Å²) in [6.45, 7) is 1.79. The zero-order valence-electron chi connectivity index (χ0n) is 20.6. The number of allylic oxidation sites excluding steroid dienone is 4. The van der Waals surface area contributed by atoms with Crippen LogP contribution in [0.1, 0.15) is 12.0 Å². The van der Waals surface area contributed by atoms with Gasteiger partial charge in [0.25, 0.3) is 0 Å². The van der Waals surface area contributed by atoms with Crippen LogP contribution in [0.25, 0.3) is 16.5 Å². The molecule has 1 aromatic carbocycles. The number of nitrogens with zero attached hydrogens (tertiary/aromatic N) is 5. The van der Waals surface area contributed by atoms with Crippen molar-refractivity contribution in [2.75, 3.05) is 31.6 Å². The largest absolute Gasteiger partial charge is 0.467 e. The minimum atomic E-state index is -0.781. The molecular formula is C26H22ClF2N7O2S. The van der Waals surface area contributed by atoms with Crippen molar-refractivity contribution in [3.8, 4) is 12.1 Å². The van der Waals surface area contributed by atoms with E-state index in [1.165, 1.54) is 19.3 Å². The van der Waals surface area contributed by atoms with E-state index in [9.17, 15) is 14.4 Å². The van der Waals surface area contributed by atoms with E-state index in [1.54, 1.807) is 6.07 Å². The average Bonchev–Trinajstić information content (AvgIpc) is 3.72. The van der Waals surface area contributed by atoms with Crippen molar-refractivity contribution in [3.63, 3.8) is 0 Å². The van der Waals surface area contributed by atoms with Gasteiger partial charge in [0.2, 0.25) is 5.91 Å². The maximum absolute atomic E-state index is 16.4. The van der Waals surface area contributed by atoms with Gasteiger partial charge in [-0.15, -0.1) is 0 Å². The van der Waals surface area contributed by atoms with E-state index in [0.717, 1.165) is 18.2 Å². The fraction of sp³-hybridized carbons (Fsp3) is 0.385. The second-order valence-corrected chi connectivity index (χ2v) is 11.8. The standard InChI is InChI=1S/C26H22ClF2N7O2S/c1-38-26-33-21-13(24(34-26)35-8-10-4-11(9-35)36(10)25(37)17-7-32-17)5-15(27)19(20(21)29)12-2-3-16(28)22-18(12)14(6-30)23(31)39-22/h2-3,5,10-11,17-18,22,32H,4,7-9,31H2,1H3. The first-order chi connectivity index (χ1) is 18.8. The summed E-state index contributed by atoms with van der Waals surface area (Å²) in [5.41, 5.74) is 6.60. The number of anilines is 1. The molecule has 6 aliphatic rings. The average molecular weight is 570 g/mol. The highest BCUT2D eigenvalue weighted by Crippen LogP contribution is 2.53. The first-order valence-corrected chi connectivity index (χ1v) is 13.7. The molecule has 13 heteroatoms. The van der Waals surface area contributed by atoms with Gasteiger partial charge in [-0.05, 0) is 24.1 Å². The van der Waals surface area contributed by atoms with Gasteiger partial charge in [0.15, 0.2) is 5.82 Å². The molecule has 2 aromatic rings. The van der Waals surface area contributed by atoms with Crippen molar-refractivity contribution in [1.82, 2.24) is 20.2 Å². The number of rotatable bonds is 4. The van der Waals surface area contributed by atoms with Crippen LogP contribution >= 0.6 is 23.4 Å². The summed E-state index contributed by atoms with van der Waals surface area (Å²) < 4.78 is 36.4. The van der Waals surface area contributed by atoms with Crippen LogP contribution in [-0.4, -0.2) is 70.9 Å². The summed E-state index contributed by atoms with van der Waals surface area (Å²) in [7, 11) is 1.40. The molecule has 0 saturated carbocycles. The van der Waals surface area contributed by atoms with Gasteiger partial charge in [-0.25, -0.2) is 8.78 Å². The van der Waals surface area contributed by atoms with Crippen LogP contribution < -0.4 is 20.7 Å². The Balaban J connectivity index is 1.31. The summed E-state index contributed by atoms with van der Waals surface area (Å²) >= 11 is 7.77. The maximum Gasteiger partial charge on any atom is 0.318 e. The smallest absolute Gasteiger partial charge is 0.318 e. The van der Waals surface area contributed by atoms with Crippen molar-refractivity contribution in [2.24, 2.45) is 11.7 Å². The Morgan fingerprint density at radius 1 is 1.31 bits per heavy atom. The number of carbonyl (C=O) groups is 1. The van der Waals surface area contributed by atoms with Crippen LogP contribution in [0, 0.1) is 23.1 Å². The van der Waals surface area contributed by atoms with Crippen LogP contribution in [-0.2, 0) is 4.79 Å². The van der Waals surface area contributed by atoms with Crippen LogP contribution in [0.15, 0.2) is 34.6 Å². The minimum Gasteiger partial charge on any atom is -0.467 e. The van der Waals surface area contributed by atoms with Crippen molar-refractivity contribution in [3.05, 3.63) is 51.1 Å². The second kappa shape index (κ2) is 8.81. The Labute approximate surface area is 231 Å². The van der Waals surface area contributed by atoms with Gasteiger partial charge in [0.05, 0.1) is 52.2 Å². The molecule has 5 atom stereocenters. The number of nitrogens with one attached hydrogen (secondary N) is 1. The van der Waals surface area contributed by atoms with E-state index in [2.05, 4.69) is 21.4 Å². The van der Waals surface area contributed by atoms with Crippen LogP contribution in [0.5, 0.6) is 6.01 Å². The van der Waals surface area contributed by atoms with Crippen molar-refractivity contribution >= 4 is 51.6 Å². The van der Waals surface area contributed by atoms with Crippen molar-refractivity contribution in [2.45, 2.75) is 29.8 Å². The quantitative estimate of drug-likeness (QED) is 0.534. The molecule has 8 rings (SSSR count). The Kier molecular flexibility index (Phi) is 5.56. The summed E-state index contributed by atoms with van der Waals surface area (Å²) in [6.07, 6.45) is 3.61. The number of benzene rings is 1. The summed E-state index contributed by atoms with van der Waals surface area (Å²) in [5, 5.41) is 12.7. The lowest BCUT2D eigenvalue weighted by Crippen LogP contribution is -2.71. The number of fused-ring (bicyclic) bond motifs is 4. The molecule has 9 nitrogen and oxygen atoms in total. The molecular weight excluding hydrogens is 548 g/mol. The molecule has 1 aliphatic carbocycles. The molecule has 4 fully saturated rings. The fourth-order valence-electron chi connectivity index (χ4n) is 6.15. The van der Waals surface area contributed by atoms with Crippen molar-refractivity contribution in [1.29, 1.82) is 5.26 Å². The van der Waals surface area contributed by atoms with Gasteiger partial charge in [-0.2, -0.15) is 15.2 Å². The number of nitriles is 1. The van der Waals surface area contributed by atoms with E-state index in [4.69, 9.17) is 22.1 Å². The number of halogens is 3. The molecule has 1 amide bonds. The first kappa shape index (κ1) is 24.6. The third-order valence-corrected chi connectivity index (χ3v) is 9.57. The predicted molar refractivity (Wildman–Crippen MR) is 143 cm³/mol. The van der Waals surface area contributed by atoms with Gasteiger partial charge in [-0.1, -0.05) is 29.4 Å². The number of carbonyl (C=O) groups excluding carboxylic acids is 1. The number of piperidine rings is 1. The van der Waals surface area contributed by atoms with Gasteiger partial charge < -0.3 is 25.6 Å². The number of aromatic nitrogens is 2. The third-order valence-electron chi connectivity index (χ3n) is 8.05. The number of hydrogen-bond acceptors (Lipinski definition) is 9. The molecule has 200 valence electrons. The highest BCUT2D eigenvalue weighted by atomic mass is 35.5. The van der Waals surface area contributed by atoms with Crippen LogP contribution in [0.4, 0.5) is 14.6 Å². The number of piperazine rings is 1. The maximum atomic E-state index is 16.4. The second-order valence-electron chi connectivity index (χ2n) is 10.2. The Morgan fingerprint density at radius 3 is 2.72 bits per heavy atom. The highest BCUT2D eigenvalue weighted by Gasteiger charge is 2.51. The molecule has 3 N–H and O–H groups in total.